The highest BCUT2D eigenvalue weighted by Gasteiger charge is 2.24. The molecule has 0 aliphatic carbocycles. The van der Waals surface area contributed by atoms with Crippen LogP contribution in [0.15, 0.2) is 10.6 Å². The fourth-order valence-electron chi connectivity index (χ4n) is 1.46. The quantitative estimate of drug-likeness (QED) is 0.899. The Kier molecular flexibility index (Phi) is 4.96. The van der Waals surface area contributed by atoms with Crippen LogP contribution in [-0.2, 0) is 15.4 Å². The summed E-state index contributed by atoms with van der Waals surface area (Å²) in [5, 5.41) is 3.61. The molecule has 114 valence electrons. The molecule has 0 saturated heterocycles. The summed E-state index contributed by atoms with van der Waals surface area (Å²) in [5.41, 5.74) is -0.316. The van der Waals surface area contributed by atoms with Gasteiger partial charge in [0.25, 0.3) is 5.91 Å². The molecule has 0 aromatic carbocycles. The number of nitrogens with one attached hydrogen (secondary N) is 1. The molecule has 1 amide bonds. The Hall–Kier alpha value is -1.37. The van der Waals surface area contributed by atoms with Crippen molar-refractivity contribution in [2.45, 2.75) is 46.5 Å². The lowest BCUT2D eigenvalue weighted by molar-refractivity contribution is 0.0972. The minimum Gasteiger partial charge on any atom is -0.360 e. The highest BCUT2D eigenvalue weighted by Crippen LogP contribution is 2.22. The normalized spacial score (nSPS) is 14.1. The largest absolute Gasteiger partial charge is 0.360 e. The van der Waals surface area contributed by atoms with Crippen molar-refractivity contribution in [2.75, 3.05) is 5.75 Å². The van der Waals surface area contributed by atoms with Gasteiger partial charge in [0, 0.05) is 11.5 Å². The fraction of sp³-hybridized carbons (Fsp3) is 0.692. The second kappa shape index (κ2) is 5.95. The number of sulfonamides is 1. The van der Waals surface area contributed by atoms with Crippen molar-refractivity contribution in [2.24, 2.45) is 5.92 Å². The zero-order valence-corrected chi connectivity index (χ0v) is 13.4. The lowest BCUT2D eigenvalue weighted by atomic mass is 9.93. The molecule has 1 heterocycles. The van der Waals surface area contributed by atoms with E-state index in [1.54, 1.807) is 0 Å². The van der Waals surface area contributed by atoms with E-state index in [1.165, 1.54) is 6.07 Å². The van der Waals surface area contributed by atoms with Crippen molar-refractivity contribution >= 4 is 15.9 Å². The summed E-state index contributed by atoms with van der Waals surface area (Å²) >= 11 is 0. The van der Waals surface area contributed by atoms with Gasteiger partial charge < -0.3 is 4.52 Å². The minimum absolute atomic E-state index is 0.0113. The number of rotatable bonds is 5. The Bertz CT molecular complexity index is 569. The molecule has 0 spiro atoms. The third-order valence-electron chi connectivity index (χ3n) is 2.93. The number of hydrogen-bond acceptors (Lipinski definition) is 5. The first kappa shape index (κ1) is 16.7. The second-order valence-electron chi connectivity index (χ2n) is 6.05. The molecule has 0 unspecified atom stereocenters. The number of amides is 1. The van der Waals surface area contributed by atoms with Gasteiger partial charge in [0.2, 0.25) is 10.0 Å². The molecular formula is C13H22N2O4S. The molecule has 6 nitrogen and oxygen atoms in total. The Morgan fingerprint density at radius 1 is 1.45 bits per heavy atom. The highest BCUT2D eigenvalue weighted by atomic mass is 32.2. The van der Waals surface area contributed by atoms with Gasteiger partial charge in [-0.05, 0) is 5.92 Å². The summed E-state index contributed by atoms with van der Waals surface area (Å²) in [6.07, 6.45) is 0.729. The van der Waals surface area contributed by atoms with Crippen LogP contribution < -0.4 is 4.72 Å². The maximum absolute atomic E-state index is 11.9. The van der Waals surface area contributed by atoms with Gasteiger partial charge in [0.15, 0.2) is 5.69 Å². The van der Waals surface area contributed by atoms with Crippen LogP contribution in [0.4, 0.5) is 0 Å². The van der Waals surface area contributed by atoms with Crippen LogP contribution in [0.2, 0.25) is 0 Å². The molecule has 1 atom stereocenters. The summed E-state index contributed by atoms with van der Waals surface area (Å²) in [4.78, 5) is 11.9. The molecule has 20 heavy (non-hydrogen) atoms. The number of carbonyl (C=O) groups is 1. The Labute approximate surface area is 120 Å². The molecule has 0 aliphatic heterocycles. The smallest absolute Gasteiger partial charge is 0.286 e. The van der Waals surface area contributed by atoms with Gasteiger partial charge >= 0.3 is 0 Å². The molecule has 0 radical (unpaired) electrons. The van der Waals surface area contributed by atoms with Crippen molar-refractivity contribution in [3.63, 3.8) is 0 Å². The molecule has 0 saturated carbocycles. The molecule has 7 heteroatoms. The summed E-state index contributed by atoms with van der Waals surface area (Å²) in [5.74, 6) is -0.323. The van der Waals surface area contributed by atoms with Gasteiger partial charge in [-0.25, -0.2) is 13.1 Å². The van der Waals surface area contributed by atoms with Gasteiger partial charge in [-0.15, -0.1) is 0 Å². The number of nitrogens with zero attached hydrogens (tertiary/aromatic N) is 1. The van der Waals surface area contributed by atoms with Gasteiger partial charge in [-0.3, -0.25) is 4.79 Å². The summed E-state index contributed by atoms with van der Waals surface area (Å²) in [6.45, 7) is 9.45. The van der Waals surface area contributed by atoms with Crippen molar-refractivity contribution in [3.8, 4) is 0 Å². The summed E-state index contributed by atoms with van der Waals surface area (Å²) in [6, 6.07) is 1.47. The molecule has 1 aromatic rings. The van der Waals surface area contributed by atoms with Crippen molar-refractivity contribution in [1.82, 2.24) is 9.88 Å². The predicted octanol–water partition coefficient (Wildman–Crippen LogP) is 2.08. The lowest BCUT2D eigenvalue weighted by Gasteiger charge is -2.12. The van der Waals surface area contributed by atoms with Gasteiger partial charge in [0.1, 0.15) is 5.76 Å². The maximum Gasteiger partial charge on any atom is 0.286 e. The van der Waals surface area contributed by atoms with Crippen LogP contribution in [0.1, 0.15) is 57.3 Å². The lowest BCUT2D eigenvalue weighted by Crippen LogP contribution is -2.34. The SMILES string of the molecule is CC[C@H](C)CS(=O)(=O)NC(=O)c1cc(C(C)(C)C)on1. The van der Waals surface area contributed by atoms with E-state index in [0.717, 1.165) is 6.42 Å². The van der Waals surface area contributed by atoms with Crippen molar-refractivity contribution < 1.29 is 17.7 Å². The number of aromatic nitrogens is 1. The molecule has 0 aliphatic rings. The number of hydrogen-bond donors (Lipinski definition) is 1. The average molecular weight is 302 g/mol. The Morgan fingerprint density at radius 3 is 2.50 bits per heavy atom. The maximum atomic E-state index is 11.9. The third-order valence-corrected chi connectivity index (χ3v) is 4.44. The molecule has 0 fully saturated rings. The van der Waals surface area contributed by atoms with Crippen molar-refractivity contribution in [3.05, 3.63) is 17.5 Å². The van der Waals surface area contributed by atoms with E-state index in [2.05, 4.69) is 5.16 Å². The van der Waals surface area contributed by atoms with Crippen molar-refractivity contribution in [1.29, 1.82) is 0 Å². The van der Waals surface area contributed by atoms with E-state index >= 15 is 0 Å². The van der Waals surface area contributed by atoms with E-state index in [0.29, 0.717) is 5.76 Å². The van der Waals surface area contributed by atoms with E-state index < -0.39 is 15.9 Å². The molecule has 1 rings (SSSR count). The van der Waals surface area contributed by atoms with Crippen LogP contribution in [-0.4, -0.2) is 25.2 Å². The average Bonchev–Trinajstić information content (AvgIpc) is 2.76. The van der Waals surface area contributed by atoms with Crippen LogP contribution in [0.25, 0.3) is 0 Å². The van der Waals surface area contributed by atoms with E-state index in [-0.39, 0.29) is 22.8 Å². The zero-order valence-electron chi connectivity index (χ0n) is 12.6. The van der Waals surface area contributed by atoms with Crippen LogP contribution in [0, 0.1) is 5.92 Å². The standard InChI is InChI=1S/C13H22N2O4S/c1-6-9(2)8-20(17,18)15-12(16)10-7-11(19-14-10)13(3,4)5/h7,9H,6,8H2,1-5H3,(H,15,16)/t9-/m0/s1. The van der Waals surface area contributed by atoms with E-state index in [9.17, 15) is 13.2 Å². The van der Waals surface area contributed by atoms with Crippen LogP contribution in [0.5, 0.6) is 0 Å². The Balaban J connectivity index is 2.79. The third kappa shape index (κ3) is 4.63. The monoisotopic (exact) mass is 302 g/mol. The first-order valence-corrected chi connectivity index (χ1v) is 8.22. The van der Waals surface area contributed by atoms with Gasteiger partial charge in [-0.1, -0.05) is 46.2 Å². The number of carbonyl (C=O) groups excluding carboxylic acids is 1. The van der Waals surface area contributed by atoms with E-state index in [1.807, 2.05) is 39.3 Å². The van der Waals surface area contributed by atoms with Gasteiger partial charge in [-0.2, -0.15) is 0 Å². The van der Waals surface area contributed by atoms with Gasteiger partial charge in [0.05, 0.1) is 5.75 Å². The van der Waals surface area contributed by atoms with Crippen LogP contribution >= 0.6 is 0 Å². The molecular weight excluding hydrogens is 280 g/mol. The second-order valence-corrected chi connectivity index (χ2v) is 7.82. The fourth-order valence-corrected chi connectivity index (χ4v) is 2.92. The molecule has 1 aromatic heterocycles. The minimum atomic E-state index is -3.65. The summed E-state index contributed by atoms with van der Waals surface area (Å²) in [7, 11) is -3.65. The molecule has 1 N–H and O–H groups in total. The van der Waals surface area contributed by atoms with E-state index in [4.69, 9.17) is 4.52 Å². The first-order valence-electron chi connectivity index (χ1n) is 6.57. The highest BCUT2D eigenvalue weighted by molar-refractivity contribution is 7.90. The Morgan fingerprint density at radius 2 is 2.05 bits per heavy atom. The zero-order chi connectivity index (χ0) is 15.6. The van der Waals surface area contributed by atoms with Crippen LogP contribution in [0.3, 0.4) is 0 Å². The predicted molar refractivity (Wildman–Crippen MR) is 75.9 cm³/mol. The summed E-state index contributed by atoms with van der Waals surface area (Å²) < 4.78 is 30.7. The molecule has 0 bridgehead atoms. The first-order chi connectivity index (χ1) is 9.05. The topological polar surface area (TPSA) is 89.3 Å².